The summed E-state index contributed by atoms with van der Waals surface area (Å²) in [4.78, 5) is 27.3. The first-order chi connectivity index (χ1) is 17.7. The van der Waals surface area contributed by atoms with E-state index in [1.165, 1.54) is 44.6 Å². The molecule has 1 unspecified atom stereocenters. The van der Waals surface area contributed by atoms with Crippen molar-refractivity contribution < 1.29 is 37.7 Å². The van der Waals surface area contributed by atoms with Gasteiger partial charge in [0.1, 0.15) is 23.1 Å². The molecule has 1 amide bonds. The van der Waals surface area contributed by atoms with Crippen LogP contribution in [-0.2, 0) is 9.59 Å². The van der Waals surface area contributed by atoms with Gasteiger partial charge in [0.05, 0.1) is 43.2 Å². The van der Waals surface area contributed by atoms with Crippen LogP contribution in [0.1, 0.15) is 24.1 Å². The first-order valence-corrected chi connectivity index (χ1v) is 11.5. The Balaban J connectivity index is 1.99. The topological polar surface area (TPSA) is 85.3 Å². The average molecular weight is 530 g/mol. The monoisotopic (exact) mass is 529 g/mol. The Morgan fingerprint density at radius 2 is 1.68 bits per heavy atom. The number of carbonyl (C=O) groups is 2. The Kier molecular flexibility index (Phi) is 7.35. The molecule has 1 N–H and O–H groups in total. The summed E-state index contributed by atoms with van der Waals surface area (Å²) in [6.45, 7) is 2.04. The van der Waals surface area contributed by atoms with Crippen LogP contribution in [0.15, 0.2) is 60.2 Å². The highest BCUT2D eigenvalue weighted by Gasteiger charge is 2.48. The van der Waals surface area contributed by atoms with Gasteiger partial charge in [-0.3, -0.25) is 14.5 Å². The summed E-state index contributed by atoms with van der Waals surface area (Å²) in [5, 5.41) is 11.4. The van der Waals surface area contributed by atoms with E-state index in [2.05, 4.69) is 0 Å². The number of carbonyl (C=O) groups excluding carboxylic acids is 2. The lowest BCUT2D eigenvalue weighted by Gasteiger charge is -2.26. The fourth-order valence-corrected chi connectivity index (χ4v) is 4.43. The Bertz CT molecular complexity index is 1420. The number of hydrogen-bond donors (Lipinski definition) is 1. The van der Waals surface area contributed by atoms with Gasteiger partial charge in [0.15, 0.2) is 11.5 Å². The van der Waals surface area contributed by atoms with E-state index in [1.807, 2.05) is 0 Å². The zero-order chi connectivity index (χ0) is 26.9. The molecule has 1 heterocycles. The molecule has 10 heteroatoms. The molecule has 0 aliphatic carbocycles. The van der Waals surface area contributed by atoms with Gasteiger partial charge in [-0.1, -0.05) is 17.7 Å². The maximum atomic E-state index is 14.9. The van der Waals surface area contributed by atoms with Crippen LogP contribution in [0.25, 0.3) is 5.76 Å². The summed E-state index contributed by atoms with van der Waals surface area (Å²) in [5.41, 5.74) is -0.407. The fourth-order valence-electron chi connectivity index (χ4n) is 4.17. The molecule has 1 fully saturated rings. The van der Waals surface area contributed by atoms with Crippen molar-refractivity contribution in [2.24, 2.45) is 0 Å². The van der Waals surface area contributed by atoms with Crippen LogP contribution in [0.2, 0.25) is 5.02 Å². The smallest absolute Gasteiger partial charge is 0.300 e. The van der Waals surface area contributed by atoms with E-state index >= 15 is 0 Å². The minimum atomic E-state index is -1.33. The van der Waals surface area contributed by atoms with Crippen LogP contribution in [0, 0.1) is 11.6 Å². The Morgan fingerprint density at radius 3 is 2.32 bits per heavy atom. The third kappa shape index (κ3) is 4.70. The molecule has 1 atom stereocenters. The quantitative estimate of drug-likeness (QED) is 0.241. The van der Waals surface area contributed by atoms with Crippen LogP contribution >= 0.6 is 11.6 Å². The number of benzene rings is 3. The van der Waals surface area contributed by atoms with Crippen molar-refractivity contribution in [3.63, 3.8) is 0 Å². The van der Waals surface area contributed by atoms with E-state index in [1.54, 1.807) is 13.0 Å². The Hall–Kier alpha value is -4.11. The molecule has 4 rings (SSSR count). The number of anilines is 1. The zero-order valence-electron chi connectivity index (χ0n) is 20.1. The van der Waals surface area contributed by atoms with Gasteiger partial charge in [-0.15, -0.1) is 0 Å². The molecule has 3 aromatic carbocycles. The first-order valence-electron chi connectivity index (χ1n) is 11.1. The molecule has 0 spiro atoms. The van der Waals surface area contributed by atoms with Gasteiger partial charge in [0.25, 0.3) is 11.7 Å². The van der Waals surface area contributed by atoms with Gasteiger partial charge in [-0.2, -0.15) is 0 Å². The van der Waals surface area contributed by atoms with Crippen LogP contribution in [0.5, 0.6) is 17.2 Å². The maximum absolute atomic E-state index is 14.9. The number of nitrogens with zero attached hydrogens (tertiary/aromatic N) is 1. The number of ketones is 1. The number of Topliss-reactive ketones (excluding diaryl/α,β-unsaturated/α-hetero) is 1. The van der Waals surface area contributed by atoms with E-state index in [4.69, 9.17) is 25.8 Å². The van der Waals surface area contributed by atoms with Gasteiger partial charge >= 0.3 is 0 Å². The second kappa shape index (κ2) is 10.5. The van der Waals surface area contributed by atoms with Crippen LogP contribution in [0.4, 0.5) is 14.5 Å². The summed E-state index contributed by atoms with van der Waals surface area (Å²) in [6, 6.07) is 10.1. The van der Waals surface area contributed by atoms with E-state index in [-0.39, 0.29) is 28.3 Å². The standard InChI is InChI=1S/C27H22ClF2NO6/c1-4-37-22-12-14(5-10-21(22)36-3)24-23(25(32)15-6-9-20(35-2)17(28)11-15)26(33)27(34)31(24)19-13-16(29)7-8-18(19)30/h5-13,24,32H,4H2,1-3H3/b25-23+. The van der Waals surface area contributed by atoms with Gasteiger partial charge in [0, 0.05) is 11.6 Å². The van der Waals surface area contributed by atoms with Crippen LogP contribution in [0.3, 0.4) is 0 Å². The lowest BCUT2D eigenvalue weighted by atomic mass is 9.94. The number of methoxy groups -OCH3 is 2. The normalized spacial score (nSPS) is 16.7. The molecule has 0 bridgehead atoms. The molecule has 1 saturated heterocycles. The van der Waals surface area contributed by atoms with E-state index < -0.39 is 40.8 Å². The highest BCUT2D eigenvalue weighted by Crippen LogP contribution is 2.45. The van der Waals surface area contributed by atoms with Crippen molar-refractivity contribution in [2.45, 2.75) is 13.0 Å². The number of rotatable bonds is 7. The van der Waals surface area contributed by atoms with Crippen molar-refractivity contribution in [1.82, 2.24) is 0 Å². The summed E-state index contributed by atoms with van der Waals surface area (Å²) in [5.74, 6) is -3.55. The second-order valence-corrected chi connectivity index (χ2v) is 8.36. The Morgan fingerprint density at radius 1 is 0.973 bits per heavy atom. The van der Waals surface area contributed by atoms with Gasteiger partial charge in [-0.05, 0) is 55.0 Å². The van der Waals surface area contributed by atoms with E-state index in [0.717, 1.165) is 23.1 Å². The molecule has 1 aliphatic rings. The molecule has 3 aromatic rings. The summed E-state index contributed by atoms with van der Waals surface area (Å²) in [7, 11) is 2.86. The predicted molar refractivity (Wildman–Crippen MR) is 133 cm³/mol. The molecule has 0 radical (unpaired) electrons. The molecule has 0 aromatic heterocycles. The molecule has 0 saturated carbocycles. The predicted octanol–water partition coefficient (Wildman–Crippen LogP) is 5.66. The number of amides is 1. The van der Waals surface area contributed by atoms with Crippen molar-refractivity contribution >= 4 is 34.7 Å². The summed E-state index contributed by atoms with van der Waals surface area (Å²) in [6.07, 6.45) is 0. The number of ether oxygens (including phenoxy) is 3. The molecular weight excluding hydrogens is 508 g/mol. The maximum Gasteiger partial charge on any atom is 0.300 e. The lowest BCUT2D eigenvalue weighted by molar-refractivity contribution is -0.132. The average Bonchev–Trinajstić information content (AvgIpc) is 3.15. The van der Waals surface area contributed by atoms with E-state index in [0.29, 0.717) is 17.2 Å². The summed E-state index contributed by atoms with van der Waals surface area (Å²) >= 11 is 6.21. The molecule has 192 valence electrons. The van der Waals surface area contributed by atoms with Crippen molar-refractivity contribution in [1.29, 1.82) is 0 Å². The van der Waals surface area contributed by atoms with Crippen molar-refractivity contribution in [3.8, 4) is 17.2 Å². The zero-order valence-corrected chi connectivity index (χ0v) is 20.8. The van der Waals surface area contributed by atoms with Crippen molar-refractivity contribution in [2.75, 3.05) is 25.7 Å². The largest absolute Gasteiger partial charge is 0.507 e. The third-order valence-corrected chi connectivity index (χ3v) is 6.14. The number of aliphatic hydroxyl groups is 1. The highest BCUT2D eigenvalue weighted by atomic mass is 35.5. The number of hydrogen-bond acceptors (Lipinski definition) is 6. The third-order valence-electron chi connectivity index (χ3n) is 5.84. The minimum absolute atomic E-state index is 0.118. The van der Waals surface area contributed by atoms with Gasteiger partial charge in [-0.25, -0.2) is 8.78 Å². The molecule has 37 heavy (non-hydrogen) atoms. The summed E-state index contributed by atoms with van der Waals surface area (Å²) < 4.78 is 45.1. The van der Waals surface area contributed by atoms with Crippen LogP contribution in [-0.4, -0.2) is 37.6 Å². The van der Waals surface area contributed by atoms with Crippen LogP contribution < -0.4 is 19.1 Å². The fraction of sp³-hybridized carbons (Fsp3) is 0.185. The number of aliphatic hydroxyl groups excluding tert-OH is 1. The van der Waals surface area contributed by atoms with Crippen molar-refractivity contribution in [3.05, 3.63) is 88.0 Å². The lowest BCUT2D eigenvalue weighted by Crippen LogP contribution is -2.30. The van der Waals surface area contributed by atoms with E-state index in [9.17, 15) is 23.5 Å². The highest BCUT2D eigenvalue weighted by molar-refractivity contribution is 6.51. The molecule has 1 aliphatic heterocycles. The minimum Gasteiger partial charge on any atom is -0.507 e. The second-order valence-electron chi connectivity index (χ2n) is 7.96. The van der Waals surface area contributed by atoms with Gasteiger partial charge < -0.3 is 19.3 Å². The molecule has 7 nitrogen and oxygen atoms in total. The number of halogens is 3. The first kappa shape index (κ1) is 26.0. The SMILES string of the molecule is CCOc1cc(C2/C(=C(\O)c3ccc(OC)c(Cl)c3)C(=O)C(=O)N2c2cc(F)ccc2F)ccc1OC. The Labute approximate surface area is 216 Å². The molecular formula is C27H22ClF2NO6. The van der Waals surface area contributed by atoms with Gasteiger partial charge in [0.2, 0.25) is 0 Å².